The maximum atomic E-state index is 5.58. The molecule has 17 heavy (non-hydrogen) atoms. The first-order valence-electron chi connectivity index (χ1n) is 5.20. The Morgan fingerprint density at radius 3 is 2.47 bits per heavy atom. The molecule has 0 fully saturated rings. The lowest BCUT2D eigenvalue weighted by Gasteiger charge is -2.09. The van der Waals surface area contributed by atoms with E-state index in [1.54, 1.807) is 31.4 Å². The van der Waals surface area contributed by atoms with Crippen molar-refractivity contribution in [1.82, 2.24) is 0 Å². The Hall–Kier alpha value is -2.36. The summed E-state index contributed by atoms with van der Waals surface area (Å²) in [6, 6.07) is 14.6. The second kappa shape index (κ2) is 5.12. The van der Waals surface area contributed by atoms with Crippen molar-refractivity contribution >= 4 is 11.4 Å². The van der Waals surface area contributed by atoms with Crippen LogP contribution in [0.1, 0.15) is 0 Å². The van der Waals surface area contributed by atoms with Gasteiger partial charge in [-0.25, -0.2) is 5.48 Å². The third-order valence-electron chi connectivity index (χ3n) is 2.24. The van der Waals surface area contributed by atoms with E-state index >= 15 is 0 Å². The summed E-state index contributed by atoms with van der Waals surface area (Å²) in [5.41, 5.74) is 9.94. The van der Waals surface area contributed by atoms with Crippen LogP contribution in [0.3, 0.4) is 0 Å². The highest BCUT2D eigenvalue weighted by Gasteiger charge is 1.96. The molecule has 0 saturated carbocycles. The van der Waals surface area contributed by atoms with E-state index in [0.717, 1.165) is 11.4 Å². The summed E-state index contributed by atoms with van der Waals surface area (Å²) in [6.07, 6.45) is 0. The smallest absolute Gasteiger partial charge is 0.155 e. The SMILES string of the molecule is COc1cccc(NOc2ccc(N)cc2)c1. The molecule has 0 spiro atoms. The summed E-state index contributed by atoms with van der Waals surface area (Å²) < 4.78 is 5.11. The fourth-order valence-electron chi connectivity index (χ4n) is 1.34. The van der Waals surface area contributed by atoms with Gasteiger partial charge in [-0.05, 0) is 36.4 Å². The van der Waals surface area contributed by atoms with Gasteiger partial charge in [0.2, 0.25) is 0 Å². The van der Waals surface area contributed by atoms with Gasteiger partial charge in [0.25, 0.3) is 0 Å². The number of anilines is 2. The minimum absolute atomic E-state index is 0.696. The van der Waals surface area contributed by atoms with Gasteiger partial charge in [-0.1, -0.05) is 6.07 Å². The van der Waals surface area contributed by atoms with Crippen LogP contribution in [-0.2, 0) is 0 Å². The molecule has 0 aliphatic carbocycles. The van der Waals surface area contributed by atoms with Crippen LogP contribution in [0.2, 0.25) is 0 Å². The van der Waals surface area contributed by atoms with E-state index in [4.69, 9.17) is 15.3 Å². The predicted molar refractivity (Wildman–Crippen MR) is 68.1 cm³/mol. The molecule has 4 nitrogen and oxygen atoms in total. The van der Waals surface area contributed by atoms with E-state index in [2.05, 4.69) is 5.48 Å². The lowest BCUT2D eigenvalue weighted by molar-refractivity contribution is 0.400. The van der Waals surface area contributed by atoms with Crippen molar-refractivity contribution < 1.29 is 9.57 Å². The van der Waals surface area contributed by atoms with E-state index in [0.29, 0.717) is 11.4 Å². The summed E-state index contributed by atoms with van der Waals surface area (Å²) in [5.74, 6) is 1.47. The number of nitrogens with two attached hydrogens (primary N) is 1. The van der Waals surface area contributed by atoms with Crippen LogP contribution >= 0.6 is 0 Å². The van der Waals surface area contributed by atoms with Crippen molar-refractivity contribution in [2.45, 2.75) is 0 Å². The standard InChI is InChI=1S/C13H14N2O2/c1-16-13-4-2-3-11(9-13)15-17-12-7-5-10(14)6-8-12/h2-9,15H,14H2,1H3. The molecule has 0 atom stereocenters. The molecule has 3 N–H and O–H groups in total. The van der Waals surface area contributed by atoms with Crippen molar-refractivity contribution in [2.75, 3.05) is 18.3 Å². The zero-order valence-corrected chi connectivity index (χ0v) is 9.51. The van der Waals surface area contributed by atoms with Gasteiger partial charge >= 0.3 is 0 Å². The number of nitrogens with one attached hydrogen (secondary N) is 1. The summed E-state index contributed by atoms with van der Waals surface area (Å²) in [7, 11) is 1.62. The minimum Gasteiger partial charge on any atom is -0.497 e. The summed E-state index contributed by atoms with van der Waals surface area (Å²) in [5, 5.41) is 0. The zero-order valence-electron chi connectivity index (χ0n) is 9.51. The molecule has 2 aromatic rings. The highest BCUT2D eigenvalue weighted by Crippen LogP contribution is 2.18. The van der Waals surface area contributed by atoms with Crippen molar-refractivity contribution in [3.63, 3.8) is 0 Å². The molecule has 0 aliphatic rings. The van der Waals surface area contributed by atoms with Gasteiger partial charge in [-0.3, -0.25) is 0 Å². The van der Waals surface area contributed by atoms with Crippen LogP contribution in [0.4, 0.5) is 11.4 Å². The molecule has 4 heteroatoms. The predicted octanol–water partition coefficient (Wildman–Crippen LogP) is 2.68. The first-order valence-corrected chi connectivity index (χ1v) is 5.20. The molecule has 0 saturated heterocycles. The second-order valence-corrected chi connectivity index (χ2v) is 3.51. The molecule has 0 heterocycles. The quantitative estimate of drug-likeness (QED) is 0.626. The number of ether oxygens (including phenoxy) is 1. The number of rotatable bonds is 4. The van der Waals surface area contributed by atoms with E-state index in [-0.39, 0.29) is 0 Å². The lowest BCUT2D eigenvalue weighted by atomic mass is 10.3. The van der Waals surface area contributed by atoms with Gasteiger partial charge < -0.3 is 15.3 Å². The first-order chi connectivity index (χ1) is 8.28. The Balaban J connectivity index is 1.99. The Morgan fingerprint density at radius 2 is 1.76 bits per heavy atom. The van der Waals surface area contributed by atoms with E-state index in [1.807, 2.05) is 24.3 Å². The number of nitrogen functional groups attached to an aromatic ring is 1. The van der Waals surface area contributed by atoms with Gasteiger partial charge in [0.15, 0.2) is 5.75 Å². The van der Waals surface area contributed by atoms with E-state index in [9.17, 15) is 0 Å². The Labute approximate surface area is 99.9 Å². The summed E-state index contributed by atoms with van der Waals surface area (Å²) in [6.45, 7) is 0. The first kappa shape index (κ1) is 11.1. The normalized spacial score (nSPS) is 9.71. The molecular weight excluding hydrogens is 216 g/mol. The highest BCUT2D eigenvalue weighted by molar-refractivity contribution is 5.48. The maximum absolute atomic E-state index is 5.58. The average molecular weight is 230 g/mol. The third kappa shape index (κ3) is 3.04. The van der Waals surface area contributed by atoms with Crippen LogP contribution in [0, 0.1) is 0 Å². The van der Waals surface area contributed by atoms with Crippen LogP contribution < -0.4 is 20.8 Å². The molecule has 2 rings (SSSR count). The maximum Gasteiger partial charge on any atom is 0.155 e. The number of hydrogen-bond acceptors (Lipinski definition) is 4. The van der Waals surface area contributed by atoms with Gasteiger partial charge in [0, 0.05) is 11.8 Å². The summed E-state index contributed by atoms with van der Waals surface area (Å²) in [4.78, 5) is 5.39. The second-order valence-electron chi connectivity index (χ2n) is 3.51. The van der Waals surface area contributed by atoms with Gasteiger partial charge in [-0.2, -0.15) is 0 Å². The van der Waals surface area contributed by atoms with Crippen molar-refractivity contribution in [3.8, 4) is 11.5 Å². The van der Waals surface area contributed by atoms with Gasteiger partial charge in [0.1, 0.15) is 5.75 Å². The zero-order chi connectivity index (χ0) is 12.1. The number of hydrogen-bond donors (Lipinski definition) is 2. The fraction of sp³-hybridized carbons (Fsp3) is 0.0769. The average Bonchev–Trinajstić information content (AvgIpc) is 2.38. The Morgan fingerprint density at radius 1 is 1.00 bits per heavy atom. The minimum atomic E-state index is 0.696. The third-order valence-corrected chi connectivity index (χ3v) is 2.24. The lowest BCUT2D eigenvalue weighted by Crippen LogP contribution is -2.04. The molecule has 0 aromatic heterocycles. The van der Waals surface area contributed by atoms with Crippen LogP contribution in [0.25, 0.3) is 0 Å². The van der Waals surface area contributed by atoms with Crippen LogP contribution in [0.5, 0.6) is 11.5 Å². The highest BCUT2D eigenvalue weighted by atomic mass is 16.6. The topological polar surface area (TPSA) is 56.5 Å². The molecule has 88 valence electrons. The monoisotopic (exact) mass is 230 g/mol. The molecule has 0 unspecified atom stereocenters. The molecule has 0 radical (unpaired) electrons. The van der Waals surface area contributed by atoms with E-state index in [1.165, 1.54) is 0 Å². The van der Waals surface area contributed by atoms with Crippen LogP contribution in [0.15, 0.2) is 48.5 Å². The molecule has 0 aliphatic heterocycles. The van der Waals surface area contributed by atoms with Gasteiger partial charge in [0.05, 0.1) is 12.8 Å². The summed E-state index contributed by atoms with van der Waals surface area (Å²) >= 11 is 0. The molecule has 0 bridgehead atoms. The number of methoxy groups -OCH3 is 1. The molecule has 2 aromatic carbocycles. The molecule has 0 amide bonds. The fourth-order valence-corrected chi connectivity index (χ4v) is 1.34. The Bertz CT molecular complexity index is 483. The van der Waals surface area contributed by atoms with Crippen LogP contribution in [-0.4, -0.2) is 7.11 Å². The van der Waals surface area contributed by atoms with Crippen molar-refractivity contribution in [1.29, 1.82) is 0 Å². The van der Waals surface area contributed by atoms with Crippen molar-refractivity contribution in [2.24, 2.45) is 0 Å². The largest absolute Gasteiger partial charge is 0.497 e. The number of benzene rings is 2. The Kier molecular flexibility index (Phi) is 3.35. The van der Waals surface area contributed by atoms with Gasteiger partial charge in [-0.15, -0.1) is 0 Å². The molecular formula is C13H14N2O2. The van der Waals surface area contributed by atoms with E-state index < -0.39 is 0 Å². The van der Waals surface area contributed by atoms with Crippen molar-refractivity contribution in [3.05, 3.63) is 48.5 Å².